The highest BCUT2D eigenvalue weighted by atomic mass is 14.5. The third kappa shape index (κ3) is 3.52. The fourth-order valence-corrected chi connectivity index (χ4v) is 1.16. The third-order valence-corrected chi connectivity index (χ3v) is 2.01. The van der Waals surface area contributed by atoms with Gasteiger partial charge in [-0.25, -0.2) is 0 Å². The molecule has 1 aliphatic rings. The minimum atomic E-state index is 0.880. The molecule has 54 valence electrons. The molecule has 0 saturated heterocycles. The molecule has 1 rings (SSSR count). The second-order valence-corrected chi connectivity index (χ2v) is 3.08. The van der Waals surface area contributed by atoms with Gasteiger partial charge < -0.3 is 5.73 Å². The molecule has 0 bridgehead atoms. The molecule has 0 spiro atoms. The number of unbranched alkanes of at least 4 members (excludes halogenated alkanes) is 2. The SMILES string of the molecule is NCCCCCC1CC1. The summed E-state index contributed by atoms with van der Waals surface area (Å²) in [6, 6.07) is 0. The maximum Gasteiger partial charge on any atom is -0.00773 e. The molecule has 1 heteroatoms. The first kappa shape index (κ1) is 7.07. The average Bonchev–Trinajstić information content (AvgIpc) is 2.63. The summed E-state index contributed by atoms with van der Waals surface area (Å²) in [5.41, 5.74) is 5.36. The van der Waals surface area contributed by atoms with Crippen LogP contribution in [0.2, 0.25) is 0 Å². The Hall–Kier alpha value is -0.0400. The third-order valence-electron chi connectivity index (χ3n) is 2.01. The summed E-state index contributed by atoms with van der Waals surface area (Å²) in [6.07, 6.45) is 8.48. The van der Waals surface area contributed by atoms with Crippen LogP contribution in [0, 0.1) is 5.92 Å². The van der Waals surface area contributed by atoms with Gasteiger partial charge in [-0.15, -0.1) is 0 Å². The molecule has 0 heterocycles. The second-order valence-electron chi connectivity index (χ2n) is 3.08. The molecule has 1 nitrogen and oxygen atoms in total. The van der Waals surface area contributed by atoms with Crippen molar-refractivity contribution < 1.29 is 0 Å². The monoisotopic (exact) mass is 127 g/mol. The molecule has 2 N–H and O–H groups in total. The normalized spacial score (nSPS) is 18.3. The van der Waals surface area contributed by atoms with E-state index in [0.717, 1.165) is 12.5 Å². The van der Waals surface area contributed by atoms with Crippen LogP contribution in [0.4, 0.5) is 0 Å². The zero-order chi connectivity index (χ0) is 6.53. The summed E-state index contributed by atoms with van der Waals surface area (Å²) in [4.78, 5) is 0. The van der Waals surface area contributed by atoms with E-state index in [4.69, 9.17) is 5.73 Å². The van der Waals surface area contributed by atoms with E-state index in [1.54, 1.807) is 0 Å². The standard InChI is InChI=1S/C8H17N/c9-7-3-1-2-4-8-5-6-8/h8H,1-7,9H2. The van der Waals surface area contributed by atoms with Gasteiger partial charge in [0.2, 0.25) is 0 Å². The average molecular weight is 127 g/mol. The highest BCUT2D eigenvalue weighted by Gasteiger charge is 2.19. The number of rotatable bonds is 5. The van der Waals surface area contributed by atoms with Crippen LogP contribution in [0.5, 0.6) is 0 Å². The highest BCUT2D eigenvalue weighted by molar-refractivity contribution is 4.72. The van der Waals surface area contributed by atoms with Crippen molar-refractivity contribution in [3.05, 3.63) is 0 Å². The van der Waals surface area contributed by atoms with Crippen LogP contribution in [0.15, 0.2) is 0 Å². The van der Waals surface area contributed by atoms with Gasteiger partial charge in [0.1, 0.15) is 0 Å². The molecule has 1 aliphatic carbocycles. The minimum absolute atomic E-state index is 0.880. The molecule has 1 saturated carbocycles. The smallest absolute Gasteiger partial charge is 0.00773 e. The van der Waals surface area contributed by atoms with Gasteiger partial charge in [-0.2, -0.15) is 0 Å². The molecule has 1 fully saturated rings. The van der Waals surface area contributed by atoms with E-state index in [0.29, 0.717) is 0 Å². The predicted octanol–water partition coefficient (Wildman–Crippen LogP) is 1.92. The number of nitrogens with two attached hydrogens (primary N) is 1. The van der Waals surface area contributed by atoms with E-state index >= 15 is 0 Å². The largest absolute Gasteiger partial charge is 0.330 e. The summed E-state index contributed by atoms with van der Waals surface area (Å²) in [6.45, 7) is 0.880. The second kappa shape index (κ2) is 3.89. The fourth-order valence-electron chi connectivity index (χ4n) is 1.16. The van der Waals surface area contributed by atoms with Crippen molar-refractivity contribution in [3.63, 3.8) is 0 Å². The van der Waals surface area contributed by atoms with Gasteiger partial charge in [0.05, 0.1) is 0 Å². The van der Waals surface area contributed by atoms with Crippen molar-refractivity contribution in [1.29, 1.82) is 0 Å². The molecule has 9 heavy (non-hydrogen) atoms. The maximum absolute atomic E-state index is 5.36. The van der Waals surface area contributed by atoms with E-state index < -0.39 is 0 Å². The van der Waals surface area contributed by atoms with E-state index in [1.807, 2.05) is 0 Å². The fraction of sp³-hybridized carbons (Fsp3) is 1.00. The molecule has 0 radical (unpaired) electrons. The van der Waals surface area contributed by atoms with Gasteiger partial charge in [-0.1, -0.05) is 32.1 Å². The molecule has 0 aromatic heterocycles. The Balaban J connectivity index is 1.71. The first-order valence-corrected chi connectivity index (χ1v) is 4.13. The number of hydrogen-bond donors (Lipinski definition) is 1. The van der Waals surface area contributed by atoms with Crippen LogP contribution in [0.3, 0.4) is 0 Å². The van der Waals surface area contributed by atoms with Gasteiger partial charge in [0.15, 0.2) is 0 Å². The van der Waals surface area contributed by atoms with Crippen molar-refractivity contribution >= 4 is 0 Å². The van der Waals surface area contributed by atoms with Gasteiger partial charge in [-0.3, -0.25) is 0 Å². The lowest BCUT2D eigenvalue weighted by molar-refractivity contribution is 0.607. The van der Waals surface area contributed by atoms with Crippen molar-refractivity contribution in [2.45, 2.75) is 38.5 Å². The zero-order valence-corrected chi connectivity index (χ0v) is 6.10. The summed E-state index contributed by atoms with van der Waals surface area (Å²) in [5.74, 6) is 1.11. The van der Waals surface area contributed by atoms with Gasteiger partial charge >= 0.3 is 0 Å². The topological polar surface area (TPSA) is 26.0 Å². The van der Waals surface area contributed by atoms with Crippen molar-refractivity contribution in [2.75, 3.05) is 6.54 Å². The van der Waals surface area contributed by atoms with Crippen LogP contribution in [-0.2, 0) is 0 Å². The van der Waals surface area contributed by atoms with Crippen LogP contribution in [-0.4, -0.2) is 6.54 Å². The highest BCUT2D eigenvalue weighted by Crippen LogP contribution is 2.33. The van der Waals surface area contributed by atoms with Crippen molar-refractivity contribution in [2.24, 2.45) is 11.7 Å². The van der Waals surface area contributed by atoms with Crippen LogP contribution < -0.4 is 5.73 Å². The lowest BCUT2D eigenvalue weighted by atomic mass is 10.1. The minimum Gasteiger partial charge on any atom is -0.330 e. The Kier molecular flexibility index (Phi) is 3.05. The van der Waals surface area contributed by atoms with Crippen molar-refractivity contribution in [1.82, 2.24) is 0 Å². The van der Waals surface area contributed by atoms with E-state index in [1.165, 1.54) is 38.5 Å². The van der Waals surface area contributed by atoms with Gasteiger partial charge in [-0.05, 0) is 18.9 Å². The Labute approximate surface area is 57.6 Å². The summed E-state index contributed by atoms with van der Waals surface area (Å²) in [7, 11) is 0. The molecule has 0 amide bonds. The molecule has 0 aromatic carbocycles. The molecular weight excluding hydrogens is 110 g/mol. The van der Waals surface area contributed by atoms with Crippen molar-refractivity contribution in [3.8, 4) is 0 Å². The van der Waals surface area contributed by atoms with E-state index in [-0.39, 0.29) is 0 Å². The summed E-state index contributed by atoms with van der Waals surface area (Å²) < 4.78 is 0. The first-order valence-electron chi connectivity index (χ1n) is 4.13. The van der Waals surface area contributed by atoms with Crippen LogP contribution >= 0.6 is 0 Å². The molecule has 0 atom stereocenters. The molecular formula is C8H17N. The van der Waals surface area contributed by atoms with Gasteiger partial charge in [0.25, 0.3) is 0 Å². The predicted molar refractivity (Wildman–Crippen MR) is 40.2 cm³/mol. The summed E-state index contributed by atoms with van der Waals surface area (Å²) >= 11 is 0. The lowest BCUT2D eigenvalue weighted by Gasteiger charge is -1.95. The van der Waals surface area contributed by atoms with E-state index in [9.17, 15) is 0 Å². The molecule has 0 aromatic rings. The van der Waals surface area contributed by atoms with Crippen LogP contribution in [0.25, 0.3) is 0 Å². The lowest BCUT2D eigenvalue weighted by Crippen LogP contribution is -1.97. The molecule has 0 unspecified atom stereocenters. The quantitative estimate of drug-likeness (QED) is 0.561. The van der Waals surface area contributed by atoms with Crippen LogP contribution in [0.1, 0.15) is 38.5 Å². The van der Waals surface area contributed by atoms with E-state index in [2.05, 4.69) is 0 Å². The first-order chi connectivity index (χ1) is 4.43. The zero-order valence-electron chi connectivity index (χ0n) is 6.10. The number of hydrogen-bond acceptors (Lipinski definition) is 1. The molecule has 0 aliphatic heterocycles. The Morgan fingerprint density at radius 2 is 1.89 bits per heavy atom. The van der Waals surface area contributed by atoms with Gasteiger partial charge in [0, 0.05) is 0 Å². The maximum atomic E-state index is 5.36. The Morgan fingerprint density at radius 1 is 1.11 bits per heavy atom. The Morgan fingerprint density at radius 3 is 2.44 bits per heavy atom. The Bertz CT molecular complexity index is 67.0. The summed E-state index contributed by atoms with van der Waals surface area (Å²) in [5, 5.41) is 0.